The van der Waals surface area contributed by atoms with Crippen molar-refractivity contribution in [2.45, 2.75) is 13.1 Å². The van der Waals surface area contributed by atoms with Crippen molar-refractivity contribution in [2.75, 3.05) is 14.2 Å². The number of nitrogens with zero attached hydrogens (tertiary/aromatic N) is 3. The lowest BCUT2D eigenvalue weighted by molar-refractivity contribution is 0.316. The summed E-state index contributed by atoms with van der Waals surface area (Å²) in [6, 6.07) is 20.6. The van der Waals surface area contributed by atoms with Gasteiger partial charge in [0, 0.05) is 30.1 Å². The summed E-state index contributed by atoms with van der Waals surface area (Å²) in [6.07, 6.45) is 1.84. The Kier molecular flexibility index (Phi) is 4.50. The normalized spacial score (nSPS) is 11.3. The summed E-state index contributed by atoms with van der Waals surface area (Å²) in [6.45, 7) is 1.61. The van der Waals surface area contributed by atoms with E-state index in [4.69, 9.17) is 9.72 Å². The van der Waals surface area contributed by atoms with Gasteiger partial charge >= 0.3 is 0 Å². The van der Waals surface area contributed by atoms with Crippen LogP contribution in [0.15, 0.2) is 66.9 Å². The third kappa shape index (κ3) is 3.24. The number of para-hydroxylation sites is 1. The highest BCUT2D eigenvalue weighted by Crippen LogP contribution is 2.24. The second-order valence-corrected chi connectivity index (χ2v) is 6.49. The van der Waals surface area contributed by atoms with E-state index in [1.807, 2.05) is 24.4 Å². The molecule has 0 unspecified atom stereocenters. The van der Waals surface area contributed by atoms with E-state index in [-0.39, 0.29) is 0 Å². The van der Waals surface area contributed by atoms with E-state index in [9.17, 15) is 0 Å². The van der Waals surface area contributed by atoms with E-state index in [0.29, 0.717) is 0 Å². The SMILES string of the molecule is COc1cccc2ccc(CN(C)Cc3cccc4ncccc34)nc12. The Morgan fingerprint density at radius 3 is 2.69 bits per heavy atom. The first kappa shape index (κ1) is 16.5. The first-order valence-corrected chi connectivity index (χ1v) is 8.68. The van der Waals surface area contributed by atoms with Crippen molar-refractivity contribution in [3.8, 4) is 5.75 Å². The first-order valence-electron chi connectivity index (χ1n) is 8.68. The highest BCUT2D eigenvalue weighted by Gasteiger charge is 2.09. The molecule has 2 aromatic carbocycles. The summed E-state index contributed by atoms with van der Waals surface area (Å²) < 4.78 is 5.45. The predicted molar refractivity (Wildman–Crippen MR) is 105 cm³/mol. The molecule has 0 saturated carbocycles. The molecule has 4 rings (SSSR count). The minimum atomic E-state index is 0.768. The van der Waals surface area contributed by atoms with Crippen LogP contribution in [0, 0.1) is 0 Å². The molecular weight excluding hydrogens is 322 g/mol. The minimum absolute atomic E-state index is 0.768. The molecule has 0 spiro atoms. The molecule has 0 amide bonds. The van der Waals surface area contributed by atoms with Crippen LogP contribution >= 0.6 is 0 Å². The summed E-state index contributed by atoms with van der Waals surface area (Å²) in [7, 11) is 3.80. The standard InChI is InChI=1S/C22H21N3O/c1-25(14-17-7-3-9-20-19(17)8-5-13-23-20)15-18-12-11-16-6-4-10-21(26-2)22(16)24-18/h3-13H,14-15H2,1-2H3. The van der Waals surface area contributed by atoms with Crippen LogP contribution in [-0.2, 0) is 13.1 Å². The molecule has 130 valence electrons. The molecule has 0 aliphatic rings. The maximum Gasteiger partial charge on any atom is 0.145 e. The van der Waals surface area contributed by atoms with Gasteiger partial charge < -0.3 is 4.74 Å². The van der Waals surface area contributed by atoms with Gasteiger partial charge in [0.15, 0.2) is 0 Å². The van der Waals surface area contributed by atoms with Crippen LogP contribution in [-0.4, -0.2) is 29.0 Å². The van der Waals surface area contributed by atoms with Crippen LogP contribution < -0.4 is 4.74 Å². The average Bonchev–Trinajstić information content (AvgIpc) is 2.67. The number of hydrogen-bond acceptors (Lipinski definition) is 4. The van der Waals surface area contributed by atoms with Gasteiger partial charge in [-0.2, -0.15) is 0 Å². The van der Waals surface area contributed by atoms with Crippen molar-refractivity contribution in [1.82, 2.24) is 14.9 Å². The van der Waals surface area contributed by atoms with Crippen LogP contribution in [0.5, 0.6) is 5.75 Å². The van der Waals surface area contributed by atoms with Gasteiger partial charge in [-0.1, -0.05) is 36.4 Å². The lowest BCUT2D eigenvalue weighted by Gasteiger charge is -2.18. The molecule has 4 nitrogen and oxygen atoms in total. The van der Waals surface area contributed by atoms with E-state index in [1.54, 1.807) is 7.11 Å². The van der Waals surface area contributed by atoms with Crippen LogP contribution in [0.1, 0.15) is 11.3 Å². The predicted octanol–water partition coefficient (Wildman–Crippen LogP) is 4.42. The number of ether oxygens (including phenoxy) is 1. The van der Waals surface area contributed by atoms with Gasteiger partial charge in [-0.25, -0.2) is 4.98 Å². The third-order valence-corrected chi connectivity index (χ3v) is 4.57. The molecular formula is C22H21N3O. The van der Waals surface area contributed by atoms with Crippen molar-refractivity contribution in [3.63, 3.8) is 0 Å². The molecule has 0 atom stereocenters. The Morgan fingerprint density at radius 1 is 0.923 bits per heavy atom. The van der Waals surface area contributed by atoms with E-state index >= 15 is 0 Å². The molecule has 0 aliphatic carbocycles. The maximum absolute atomic E-state index is 5.45. The van der Waals surface area contributed by atoms with Gasteiger partial charge in [-0.15, -0.1) is 0 Å². The molecule has 2 heterocycles. The number of fused-ring (bicyclic) bond motifs is 2. The Balaban J connectivity index is 1.58. The second kappa shape index (κ2) is 7.10. The molecule has 26 heavy (non-hydrogen) atoms. The summed E-state index contributed by atoms with van der Waals surface area (Å²) in [5.41, 5.74) is 4.25. The van der Waals surface area contributed by atoms with Gasteiger partial charge in [-0.05, 0) is 36.9 Å². The number of pyridine rings is 2. The van der Waals surface area contributed by atoms with Gasteiger partial charge in [0.25, 0.3) is 0 Å². The maximum atomic E-state index is 5.45. The molecule has 0 fully saturated rings. The number of rotatable bonds is 5. The van der Waals surface area contributed by atoms with Crippen molar-refractivity contribution in [3.05, 3.63) is 78.1 Å². The second-order valence-electron chi connectivity index (χ2n) is 6.49. The fraction of sp³-hybridized carbons (Fsp3) is 0.182. The highest BCUT2D eigenvalue weighted by molar-refractivity contribution is 5.84. The Bertz CT molecular complexity index is 1060. The van der Waals surface area contributed by atoms with Crippen molar-refractivity contribution < 1.29 is 4.74 Å². The molecule has 0 bridgehead atoms. The minimum Gasteiger partial charge on any atom is -0.494 e. The number of benzene rings is 2. The zero-order chi connectivity index (χ0) is 17.9. The summed E-state index contributed by atoms with van der Waals surface area (Å²) in [4.78, 5) is 11.5. The largest absolute Gasteiger partial charge is 0.494 e. The average molecular weight is 343 g/mol. The van der Waals surface area contributed by atoms with Crippen LogP contribution in [0.2, 0.25) is 0 Å². The van der Waals surface area contributed by atoms with E-state index in [0.717, 1.165) is 41.0 Å². The summed E-state index contributed by atoms with van der Waals surface area (Å²) in [5.74, 6) is 0.812. The molecule has 4 heteroatoms. The lowest BCUT2D eigenvalue weighted by atomic mass is 10.1. The molecule has 0 aliphatic heterocycles. The van der Waals surface area contributed by atoms with Crippen LogP contribution in [0.4, 0.5) is 0 Å². The van der Waals surface area contributed by atoms with Crippen LogP contribution in [0.3, 0.4) is 0 Å². The van der Waals surface area contributed by atoms with Gasteiger partial charge in [0.05, 0.1) is 18.3 Å². The smallest absolute Gasteiger partial charge is 0.145 e. The number of aromatic nitrogens is 2. The van der Waals surface area contributed by atoms with Gasteiger partial charge in [0.1, 0.15) is 11.3 Å². The fourth-order valence-electron chi connectivity index (χ4n) is 3.34. The fourth-order valence-corrected chi connectivity index (χ4v) is 3.34. The zero-order valence-electron chi connectivity index (χ0n) is 15.0. The Hall–Kier alpha value is -2.98. The zero-order valence-corrected chi connectivity index (χ0v) is 15.0. The third-order valence-electron chi connectivity index (χ3n) is 4.57. The molecule has 0 N–H and O–H groups in total. The lowest BCUT2D eigenvalue weighted by Crippen LogP contribution is -2.18. The number of hydrogen-bond donors (Lipinski definition) is 0. The van der Waals surface area contributed by atoms with Crippen molar-refractivity contribution >= 4 is 21.8 Å². The quantitative estimate of drug-likeness (QED) is 0.537. The van der Waals surface area contributed by atoms with Crippen LogP contribution in [0.25, 0.3) is 21.8 Å². The number of methoxy groups -OCH3 is 1. The topological polar surface area (TPSA) is 38.2 Å². The van der Waals surface area contributed by atoms with E-state index in [2.05, 4.69) is 59.4 Å². The van der Waals surface area contributed by atoms with Crippen molar-refractivity contribution in [2.24, 2.45) is 0 Å². The van der Waals surface area contributed by atoms with E-state index in [1.165, 1.54) is 10.9 Å². The molecule has 4 aromatic rings. The van der Waals surface area contributed by atoms with Crippen molar-refractivity contribution in [1.29, 1.82) is 0 Å². The summed E-state index contributed by atoms with van der Waals surface area (Å²) >= 11 is 0. The van der Waals surface area contributed by atoms with Gasteiger partial charge in [0.2, 0.25) is 0 Å². The Labute approximate surface area is 153 Å². The highest BCUT2D eigenvalue weighted by atomic mass is 16.5. The monoisotopic (exact) mass is 343 g/mol. The molecule has 0 radical (unpaired) electrons. The Morgan fingerprint density at radius 2 is 1.81 bits per heavy atom. The van der Waals surface area contributed by atoms with Gasteiger partial charge in [-0.3, -0.25) is 9.88 Å². The van der Waals surface area contributed by atoms with E-state index < -0.39 is 0 Å². The first-order chi connectivity index (χ1) is 12.7. The molecule has 0 saturated heterocycles. The molecule has 2 aromatic heterocycles. The summed E-state index contributed by atoms with van der Waals surface area (Å²) in [5, 5.41) is 2.30.